The molecular weight excluding hydrogens is 224 g/mol. The zero-order chi connectivity index (χ0) is 12.8. The highest BCUT2D eigenvalue weighted by Gasteiger charge is 2.29. The van der Waals surface area contributed by atoms with Gasteiger partial charge in [0.1, 0.15) is 6.54 Å². The van der Waals surface area contributed by atoms with Gasteiger partial charge < -0.3 is 20.0 Å². The maximum absolute atomic E-state index is 11.9. The summed E-state index contributed by atoms with van der Waals surface area (Å²) in [5.74, 6) is 1.26. The number of amides is 2. The number of aliphatic hydroxyl groups excluding tert-OH is 1. The van der Waals surface area contributed by atoms with Gasteiger partial charge in [-0.3, -0.25) is 4.79 Å². The second-order valence-corrected chi connectivity index (χ2v) is 4.02. The van der Waals surface area contributed by atoms with E-state index in [-0.39, 0.29) is 25.1 Å². The molecule has 1 saturated heterocycles. The largest absolute Gasteiger partial charge is 0.480 e. The van der Waals surface area contributed by atoms with Crippen LogP contribution >= 0.6 is 0 Å². The summed E-state index contributed by atoms with van der Waals surface area (Å²) in [5.41, 5.74) is 0. The van der Waals surface area contributed by atoms with Crippen LogP contribution in [0.3, 0.4) is 0 Å². The van der Waals surface area contributed by atoms with Gasteiger partial charge in [0.25, 0.3) is 0 Å². The first kappa shape index (κ1) is 13.3. The van der Waals surface area contributed by atoms with Gasteiger partial charge in [0.15, 0.2) is 0 Å². The molecule has 6 nitrogen and oxygen atoms in total. The number of nitrogens with zero attached hydrogens (tertiary/aromatic N) is 2. The predicted molar refractivity (Wildman–Crippen MR) is 60.2 cm³/mol. The molecule has 1 fully saturated rings. The molecule has 0 aromatic heterocycles. The number of likely N-dealkylation sites (tertiary alicyclic amines) is 1. The van der Waals surface area contributed by atoms with Gasteiger partial charge in [-0.2, -0.15) is 0 Å². The molecule has 0 aromatic carbocycles. The van der Waals surface area contributed by atoms with Crippen LogP contribution in [0.2, 0.25) is 0 Å². The van der Waals surface area contributed by atoms with E-state index in [1.54, 1.807) is 0 Å². The van der Waals surface area contributed by atoms with Crippen molar-refractivity contribution in [3.05, 3.63) is 0 Å². The molecule has 0 saturated carbocycles. The lowest BCUT2D eigenvalue weighted by atomic mass is 10.1. The fraction of sp³-hybridized carbons (Fsp3) is 0.636. The highest BCUT2D eigenvalue weighted by atomic mass is 16.4. The Balaban J connectivity index is 2.59. The molecule has 0 radical (unpaired) electrons. The fourth-order valence-electron chi connectivity index (χ4n) is 1.82. The average molecular weight is 240 g/mol. The molecule has 2 N–H and O–H groups in total. The van der Waals surface area contributed by atoms with Crippen LogP contribution in [0.25, 0.3) is 0 Å². The van der Waals surface area contributed by atoms with E-state index < -0.39 is 12.5 Å². The number of rotatable bonds is 4. The third-order valence-electron chi connectivity index (χ3n) is 2.69. The topological polar surface area (TPSA) is 81.1 Å². The van der Waals surface area contributed by atoms with Crippen molar-refractivity contribution >= 4 is 12.0 Å². The maximum Gasteiger partial charge on any atom is 0.323 e. The number of carbonyl (C=O) groups excluding carboxylic acids is 1. The van der Waals surface area contributed by atoms with Crippen molar-refractivity contribution < 1.29 is 19.8 Å². The van der Waals surface area contributed by atoms with Crippen LogP contribution in [0.4, 0.5) is 4.79 Å². The molecule has 0 aliphatic carbocycles. The molecule has 94 valence electrons. The second-order valence-electron chi connectivity index (χ2n) is 4.02. The van der Waals surface area contributed by atoms with Gasteiger partial charge in [-0.25, -0.2) is 4.79 Å². The highest BCUT2D eigenvalue weighted by molar-refractivity contribution is 5.80. The van der Waals surface area contributed by atoms with Gasteiger partial charge in [0.05, 0.1) is 6.54 Å². The van der Waals surface area contributed by atoms with Crippen molar-refractivity contribution in [3.8, 4) is 12.3 Å². The van der Waals surface area contributed by atoms with E-state index in [0.717, 1.165) is 11.3 Å². The van der Waals surface area contributed by atoms with E-state index in [0.29, 0.717) is 13.1 Å². The molecule has 2 amide bonds. The highest BCUT2D eigenvalue weighted by Crippen LogP contribution is 2.16. The maximum atomic E-state index is 11.9. The molecule has 17 heavy (non-hydrogen) atoms. The number of carboxylic acids is 1. The summed E-state index contributed by atoms with van der Waals surface area (Å²) >= 11 is 0. The Kier molecular flexibility index (Phi) is 4.79. The van der Waals surface area contributed by atoms with Gasteiger partial charge in [-0.1, -0.05) is 5.92 Å². The first-order valence-electron chi connectivity index (χ1n) is 5.38. The smallest absolute Gasteiger partial charge is 0.323 e. The van der Waals surface area contributed by atoms with Crippen LogP contribution in [0.1, 0.15) is 6.42 Å². The zero-order valence-corrected chi connectivity index (χ0v) is 9.50. The Hall–Kier alpha value is -1.74. The molecule has 1 unspecified atom stereocenters. The Morgan fingerprint density at radius 3 is 2.71 bits per heavy atom. The summed E-state index contributed by atoms with van der Waals surface area (Å²) in [5, 5.41) is 17.7. The van der Waals surface area contributed by atoms with E-state index in [1.807, 2.05) is 0 Å². The molecule has 1 heterocycles. The van der Waals surface area contributed by atoms with E-state index >= 15 is 0 Å². The van der Waals surface area contributed by atoms with Gasteiger partial charge in [-0.05, 0) is 6.42 Å². The van der Waals surface area contributed by atoms with Crippen LogP contribution in [-0.4, -0.2) is 64.8 Å². The molecule has 1 atom stereocenters. The number of terminal acetylenes is 1. The number of hydrogen-bond acceptors (Lipinski definition) is 3. The minimum Gasteiger partial charge on any atom is -0.480 e. The lowest BCUT2D eigenvalue weighted by molar-refractivity contribution is -0.137. The van der Waals surface area contributed by atoms with Gasteiger partial charge in [-0.15, -0.1) is 6.42 Å². The van der Waals surface area contributed by atoms with Crippen LogP contribution in [0.15, 0.2) is 0 Å². The lowest BCUT2D eigenvalue weighted by Gasteiger charge is -2.25. The average Bonchev–Trinajstić information content (AvgIpc) is 2.75. The number of aliphatic hydroxyl groups is 1. The van der Waals surface area contributed by atoms with Crippen molar-refractivity contribution in [3.63, 3.8) is 0 Å². The summed E-state index contributed by atoms with van der Waals surface area (Å²) in [4.78, 5) is 25.2. The molecule has 1 aliphatic heterocycles. The van der Waals surface area contributed by atoms with Crippen LogP contribution in [-0.2, 0) is 4.79 Å². The van der Waals surface area contributed by atoms with Crippen molar-refractivity contribution in [1.82, 2.24) is 9.80 Å². The molecule has 0 spiro atoms. The molecular formula is C11H16N2O4. The standard InChI is InChI=1S/C11H16N2O4/c1-2-4-12(7-10(15)16)11(17)13-5-3-9(6-13)8-14/h1,9,14H,3-8H2,(H,15,16). The number of carbonyl (C=O) groups is 2. The Morgan fingerprint density at radius 2 is 2.24 bits per heavy atom. The van der Waals surface area contributed by atoms with Gasteiger partial charge >= 0.3 is 12.0 Å². The minimum atomic E-state index is -1.09. The quantitative estimate of drug-likeness (QED) is 0.645. The summed E-state index contributed by atoms with van der Waals surface area (Å²) in [6.07, 6.45) is 5.84. The van der Waals surface area contributed by atoms with E-state index in [4.69, 9.17) is 16.6 Å². The SMILES string of the molecule is C#CCN(CC(=O)O)C(=O)N1CCC(CO)C1. The first-order valence-corrected chi connectivity index (χ1v) is 5.38. The number of urea groups is 1. The lowest BCUT2D eigenvalue weighted by Crippen LogP contribution is -2.44. The van der Waals surface area contributed by atoms with E-state index in [1.165, 1.54) is 4.90 Å². The first-order chi connectivity index (χ1) is 8.08. The Morgan fingerprint density at radius 1 is 1.53 bits per heavy atom. The van der Waals surface area contributed by atoms with Crippen LogP contribution in [0, 0.1) is 18.3 Å². The molecule has 1 aliphatic rings. The summed E-state index contributed by atoms with van der Waals surface area (Å²) in [6, 6.07) is -0.374. The fourth-order valence-corrected chi connectivity index (χ4v) is 1.82. The van der Waals surface area contributed by atoms with Crippen LogP contribution < -0.4 is 0 Å². The van der Waals surface area contributed by atoms with Crippen molar-refractivity contribution in [2.45, 2.75) is 6.42 Å². The monoisotopic (exact) mass is 240 g/mol. The van der Waals surface area contributed by atoms with Gasteiger partial charge in [0.2, 0.25) is 0 Å². The zero-order valence-electron chi connectivity index (χ0n) is 9.50. The summed E-state index contributed by atoms with van der Waals surface area (Å²) in [6.45, 7) is 0.605. The third kappa shape index (κ3) is 3.64. The second kappa shape index (κ2) is 6.11. The third-order valence-corrected chi connectivity index (χ3v) is 2.69. The van der Waals surface area contributed by atoms with Crippen LogP contribution in [0.5, 0.6) is 0 Å². The predicted octanol–water partition coefficient (Wildman–Crippen LogP) is -0.560. The van der Waals surface area contributed by atoms with Crippen molar-refractivity contribution in [2.24, 2.45) is 5.92 Å². The van der Waals surface area contributed by atoms with Crippen molar-refractivity contribution in [2.75, 3.05) is 32.8 Å². The van der Waals surface area contributed by atoms with E-state index in [2.05, 4.69) is 5.92 Å². The number of carboxylic acid groups (broad SMARTS) is 1. The number of hydrogen-bond donors (Lipinski definition) is 2. The Bertz CT molecular complexity index is 337. The number of aliphatic carboxylic acids is 1. The normalized spacial score (nSPS) is 18.8. The Labute approximate surface area is 99.8 Å². The summed E-state index contributed by atoms with van der Waals surface area (Å²) in [7, 11) is 0. The molecule has 1 rings (SSSR count). The molecule has 0 bridgehead atoms. The molecule has 6 heteroatoms. The van der Waals surface area contributed by atoms with E-state index in [9.17, 15) is 9.59 Å². The molecule has 0 aromatic rings. The summed E-state index contributed by atoms with van der Waals surface area (Å²) < 4.78 is 0. The minimum absolute atomic E-state index is 0.0224. The van der Waals surface area contributed by atoms with Crippen molar-refractivity contribution in [1.29, 1.82) is 0 Å². The van der Waals surface area contributed by atoms with Gasteiger partial charge in [0, 0.05) is 25.6 Å².